The molecule has 0 aliphatic carbocycles. The van der Waals surface area contributed by atoms with Crippen molar-refractivity contribution in [3.05, 3.63) is 48.3 Å². The zero-order valence-corrected chi connectivity index (χ0v) is 11.3. The fraction of sp³-hybridized carbons (Fsp3) is 0.133. The molecule has 0 saturated heterocycles. The van der Waals surface area contributed by atoms with Crippen molar-refractivity contribution in [2.45, 2.75) is 13.5 Å². The first-order valence-electron chi connectivity index (χ1n) is 6.33. The van der Waals surface area contributed by atoms with Crippen LogP contribution in [0, 0.1) is 6.92 Å². The van der Waals surface area contributed by atoms with E-state index < -0.39 is 6.55 Å². The summed E-state index contributed by atoms with van der Waals surface area (Å²) >= 11 is 0. The van der Waals surface area contributed by atoms with Crippen LogP contribution in [0.25, 0.3) is 11.0 Å². The van der Waals surface area contributed by atoms with Gasteiger partial charge in [0.25, 0.3) is 0 Å². The van der Waals surface area contributed by atoms with Gasteiger partial charge in [-0.15, -0.1) is 0 Å². The van der Waals surface area contributed by atoms with Crippen molar-refractivity contribution in [2.75, 3.05) is 5.73 Å². The van der Waals surface area contributed by atoms with Crippen LogP contribution in [0.5, 0.6) is 11.5 Å². The smallest absolute Gasteiger partial charge is 0.320 e. The Morgan fingerprint density at radius 1 is 1.19 bits per heavy atom. The van der Waals surface area contributed by atoms with Gasteiger partial charge in [-0.2, -0.15) is 8.78 Å². The quantitative estimate of drug-likeness (QED) is 0.738. The summed E-state index contributed by atoms with van der Waals surface area (Å²) in [6.45, 7) is -0.725. The van der Waals surface area contributed by atoms with Gasteiger partial charge in [0.05, 0.1) is 11.0 Å². The van der Waals surface area contributed by atoms with Gasteiger partial charge in [-0.05, 0) is 42.8 Å². The standard InChI is InChI=1S/C15H13F2N3O/c1-9-6-10(18)2-5-14(9)21-11-3-4-13-12(7-11)19-8-20(13)15(16)17/h2-8,15H,18H2,1H3. The van der Waals surface area contributed by atoms with Crippen LogP contribution >= 0.6 is 0 Å². The van der Waals surface area contributed by atoms with Crippen molar-refractivity contribution in [1.82, 2.24) is 9.55 Å². The third kappa shape index (κ3) is 2.52. The van der Waals surface area contributed by atoms with Crippen LogP contribution in [-0.4, -0.2) is 9.55 Å². The van der Waals surface area contributed by atoms with Crippen LogP contribution in [0.2, 0.25) is 0 Å². The molecule has 3 rings (SSSR count). The minimum absolute atomic E-state index is 0.367. The first-order chi connectivity index (χ1) is 10.0. The highest BCUT2D eigenvalue weighted by atomic mass is 19.3. The highest BCUT2D eigenvalue weighted by Gasteiger charge is 2.11. The summed E-state index contributed by atoms with van der Waals surface area (Å²) < 4.78 is 32.1. The summed E-state index contributed by atoms with van der Waals surface area (Å²) in [7, 11) is 0. The Labute approximate surface area is 119 Å². The Morgan fingerprint density at radius 3 is 2.71 bits per heavy atom. The lowest BCUT2D eigenvalue weighted by atomic mass is 10.2. The first kappa shape index (κ1) is 13.4. The molecule has 3 aromatic rings. The summed E-state index contributed by atoms with van der Waals surface area (Å²) in [5, 5.41) is 0. The van der Waals surface area contributed by atoms with Gasteiger partial charge in [0.15, 0.2) is 0 Å². The van der Waals surface area contributed by atoms with Crippen molar-refractivity contribution in [1.29, 1.82) is 0 Å². The molecule has 0 bridgehead atoms. The van der Waals surface area contributed by atoms with E-state index in [1.807, 2.05) is 6.92 Å². The zero-order chi connectivity index (χ0) is 15.0. The summed E-state index contributed by atoms with van der Waals surface area (Å²) in [6, 6.07) is 10.2. The van der Waals surface area contributed by atoms with E-state index >= 15 is 0 Å². The predicted octanol–water partition coefficient (Wildman–Crippen LogP) is 4.11. The van der Waals surface area contributed by atoms with Gasteiger partial charge in [0, 0.05) is 11.8 Å². The van der Waals surface area contributed by atoms with Gasteiger partial charge >= 0.3 is 6.55 Å². The number of aryl methyl sites for hydroxylation is 1. The second-order valence-electron chi connectivity index (χ2n) is 4.71. The van der Waals surface area contributed by atoms with Crippen LogP contribution < -0.4 is 10.5 Å². The lowest BCUT2D eigenvalue weighted by Crippen LogP contribution is -1.95. The number of rotatable bonds is 3. The van der Waals surface area contributed by atoms with E-state index in [-0.39, 0.29) is 0 Å². The first-order valence-corrected chi connectivity index (χ1v) is 6.33. The van der Waals surface area contributed by atoms with Crippen molar-refractivity contribution in [2.24, 2.45) is 0 Å². The Balaban J connectivity index is 1.94. The maximum atomic E-state index is 12.7. The average Bonchev–Trinajstić information content (AvgIpc) is 2.85. The number of hydrogen-bond donors (Lipinski definition) is 1. The molecule has 1 aromatic heterocycles. The Kier molecular flexibility index (Phi) is 3.21. The predicted molar refractivity (Wildman–Crippen MR) is 76.7 cm³/mol. The van der Waals surface area contributed by atoms with Gasteiger partial charge in [-0.1, -0.05) is 0 Å². The van der Waals surface area contributed by atoms with Gasteiger partial charge in [-0.3, -0.25) is 4.57 Å². The van der Waals surface area contributed by atoms with Crippen LogP contribution in [0.3, 0.4) is 0 Å². The van der Waals surface area contributed by atoms with Crippen LogP contribution in [0.4, 0.5) is 14.5 Å². The molecule has 6 heteroatoms. The third-order valence-corrected chi connectivity index (χ3v) is 3.18. The average molecular weight is 289 g/mol. The van der Waals surface area contributed by atoms with Gasteiger partial charge < -0.3 is 10.5 Å². The lowest BCUT2D eigenvalue weighted by molar-refractivity contribution is 0.0746. The Hall–Kier alpha value is -2.63. The number of benzene rings is 2. The Bertz CT molecular complexity index is 799. The van der Waals surface area contributed by atoms with Gasteiger partial charge in [0.1, 0.15) is 17.8 Å². The molecule has 0 unspecified atom stereocenters. The Morgan fingerprint density at radius 2 is 2.00 bits per heavy atom. The number of ether oxygens (including phenoxy) is 1. The number of nitrogens with two attached hydrogens (primary N) is 1. The molecule has 0 fully saturated rings. The summed E-state index contributed by atoms with van der Waals surface area (Å²) in [5.41, 5.74) is 8.07. The number of fused-ring (bicyclic) bond motifs is 1. The van der Waals surface area contributed by atoms with E-state index in [1.54, 1.807) is 36.4 Å². The molecule has 0 aliphatic heterocycles. The molecule has 0 aliphatic rings. The van der Waals surface area contributed by atoms with Gasteiger partial charge in [-0.25, -0.2) is 4.98 Å². The summed E-state index contributed by atoms with van der Waals surface area (Å²) in [4.78, 5) is 3.96. The number of anilines is 1. The van der Waals surface area contributed by atoms with Crippen molar-refractivity contribution >= 4 is 16.7 Å². The number of alkyl halides is 2. The number of nitrogens with zero attached hydrogens (tertiary/aromatic N) is 2. The lowest BCUT2D eigenvalue weighted by Gasteiger charge is -2.09. The molecule has 0 amide bonds. The number of hydrogen-bond acceptors (Lipinski definition) is 3. The third-order valence-electron chi connectivity index (χ3n) is 3.18. The monoisotopic (exact) mass is 289 g/mol. The fourth-order valence-electron chi connectivity index (χ4n) is 2.14. The van der Waals surface area contributed by atoms with Crippen LogP contribution in [0.1, 0.15) is 12.1 Å². The number of imidazole rings is 1. The topological polar surface area (TPSA) is 53.1 Å². The van der Waals surface area contributed by atoms with Crippen molar-refractivity contribution in [3.63, 3.8) is 0 Å². The molecular weight excluding hydrogens is 276 g/mol. The summed E-state index contributed by atoms with van der Waals surface area (Å²) in [6.07, 6.45) is 1.12. The minimum Gasteiger partial charge on any atom is -0.457 e. The molecule has 0 spiro atoms. The molecule has 0 radical (unpaired) electrons. The molecule has 21 heavy (non-hydrogen) atoms. The number of halogens is 2. The van der Waals surface area contributed by atoms with Crippen LogP contribution in [-0.2, 0) is 0 Å². The van der Waals surface area contributed by atoms with E-state index in [4.69, 9.17) is 10.5 Å². The highest BCUT2D eigenvalue weighted by Crippen LogP contribution is 2.29. The molecule has 1 heterocycles. The van der Waals surface area contributed by atoms with Crippen molar-refractivity contribution in [3.8, 4) is 11.5 Å². The zero-order valence-electron chi connectivity index (χ0n) is 11.3. The van der Waals surface area contributed by atoms with Crippen molar-refractivity contribution < 1.29 is 13.5 Å². The maximum absolute atomic E-state index is 12.7. The molecular formula is C15H13F2N3O. The number of aromatic nitrogens is 2. The largest absolute Gasteiger partial charge is 0.457 e. The minimum atomic E-state index is -2.61. The van der Waals surface area contributed by atoms with E-state index in [2.05, 4.69) is 4.98 Å². The molecule has 0 saturated carbocycles. The maximum Gasteiger partial charge on any atom is 0.320 e. The van der Waals surface area contributed by atoms with E-state index in [9.17, 15) is 8.78 Å². The fourth-order valence-corrected chi connectivity index (χ4v) is 2.14. The molecule has 2 aromatic carbocycles. The molecule has 0 atom stereocenters. The van der Waals surface area contributed by atoms with Gasteiger partial charge in [0.2, 0.25) is 0 Å². The van der Waals surface area contributed by atoms with E-state index in [0.29, 0.717) is 28.2 Å². The highest BCUT2D eigenvalue weighted by molar-refractivity contribution is 5.77. The SMILES string of the molecule is Cc1cc(N)ccc1Oc1ccc2c(c1)ncn2C(F)F. The molecule has 108 valence electrons. The molecule has 2 N–H and O–H groups in total. The summed E-state index contributed by atoms with van der Waals surface area (Å²) in [5.74, 6) is 1.20. The van der Waals surface area contributed by atoms with E-state index in [1.165, 1.54) is 0 Å². The number of nitrogen functional groups attached to an aromatic ring is 1. The second kappa shape index (κ2) is 5.05. The second-order valence-corrected chi connectivity index (χ2v) is 4.71. The van der Waals surface area contributed by atoms with E-state index in [0.717, 1.165) is 16.5 Å². The normalized spacial score (nSPS) is 11.2. The van der Waals surface area contributed by atoms with Crippen LogP contribution in [0.15, 0.2) is 42.7 Å². The molecule has 4 nitrogen and oxygen atoms in total.